The van der Waals surface area contributed by atoms with Gasteiger partial charge < -0.3 is 0 Å². The zero-order valence-corrected chi connectivity index (χ0v) is 10.7. The van der Waals surface area contributed by atoms with Crippen LogP contribution < -0.4 is 10.9 Å². The molecule has 0 saturated heterocycles. The number of hydrazone groups is 2. The van der Waals surface area contributed by atoms with Gasteiger partial charge in [0.15, 0.2) is 0 Å². The fourth-order valence-corrected chi connectivity index (χ4v) is 1.43. The zero-order valence-electron chi connectivity index (χ0n) is 10.7. The number of rotatable bonds is 4. The van der Waals surface area contributed by atoms with Crippen molar-refractivity contribution in [1.82, 2.24) is 10.9 Å². The van der Waals surface area contributed by atoms with Crippen LogP contribution in [0.4, 0.5) is 4.79 Å². The Morgan fingerprint density at radius 1 is 0.750 bits per heavy atom. The van der Waals surface area contributed by atoms with E-state index in [-0.39, 0.29) is 0 Å². The lowest BCUT2D eigenvalue weighted by atomic mass is 10.2. The number of hydrogen-bond acceptors (Lipinski definition) is 3. The van der Waals surface area contributed by atoms with E-state index in [0.717, 1.165) is 11.1 Å². The van der Waals surface area contributed by atoms with Crippen molar-refractivity contribution in [3.63, 3.8) is 0 Å². The quantitative estimate of drug-likeness (QED) is 0.647. The predicted octanol–water partition coefficient (Wildman–Crippen LogP) is 2.35. The molecule has 100 valence electrons. The first-order valence-corrected chi connectivity index (χ1v) is 6.07. The van der Waals surface area contributed by atoms with E-state index >= 15 is 0 Å². The van der Waals surface area contributed by atoms with E-state index in [1.165, 1.54) is 0 Å². The van der Waals surface area contributed by atoms with E-state index < -0.39 is 6.03 Å². The Morgan fingerprint density at radius 3 is 1.55 bits per heavy atom. The zero-order chi connectivity index (χ0) is 14.0. The van der Waals surface area contributed by atoms with Crippen molar-refractivity contribution in [2.75, 3.05) is 0 Å². The Balaban J connectivity index is 1.76. The number of benzene rings is 2. The number of nitrogens with one attached hydrogen (secondary N) is 2. The van der Waals surface area contributed by atoms with Crippen molar-refractivity contribution in [2.24, 2.45) is 10.2 Å². The van der Waals surface area contributed by atoms with Crippen molar-refractivity contribution in [3.8, 4) is 0 Å². The third-order valence-corrected chi connectivity index (χ3v) is 2.36. The lowest BCUT2D eigenvalue weighted by molar-refractivity contribution is 0.242. The number of carbonyl (C=O) groups is 1. The fraction of sp³-hybridized carbons (Fsp3) is 0. The van der Waals surface area contributed by atoms with Crippen molar-refractivity contribution in [3.05, 3.63) is 71.8 Å². The number of urea groups is 1. The maximum atomic E-state index is 11.4. The lowest BCUT2D eigenvalue weighted by Crippen LogP contribution is -2.28. The van der Waals surface area contributed by atoms with Gasteiger partial charge in [-0.05, 0) is 11.1 Å². The smallest absolute Gasteiger partial charge is 0.245 e. The molecule has 2 aromatic carbocycles. The summed E-state index contributed by atoms with van der Waals surface area (Å²) in [5, 5.41) is 7.61. The largest absolute Gasteiger partial charge is 0.355 e. The predicted molar refractivity (Wildman–Crippen MR) is 79.7 cm³/mol. The average molecular weight is 266 g/mol. The molecule has 0 aromatic heterocycles. The number of nitrogens with zero attached hydrogens (tertiary/aromatic N) is 2. The first-order chi connectivity index (χ1) is 9.84. The summed E-state index contributed by atoms with van der Waals surface area (Å²) in [6.45, 7) is 0. The van der Waals surface area contributed by atoms with Gasteiger partial charge in [-0.1, -0.05) is 60.7 Å². The van der Waals surface area contributed by atoms with E-state index in [2.05, 4.69) is 21.1 Å². The summed E-state index contributed by atoms with van der Waals surface area (Å²) in [5.74, 6) is 0. The van der Waals surface area contributed by atoms with Gasteiger partial charge in [-0.3, -0.25) is 0 Å². The van der Waals surface area contributed by atoms with E-state index in [0.29, 0.717) is 0 Å². The molecule has 0 fully saturated rings. The van der Waals surface area contributed by atoms with Gasteiger partial charge in [-0.15, -0.1) is 0 Å². The highest BCUT2D eigenvalue weighted by atomic mass is 16.2. The molecule has 2 N–H and O–H groups in total. The molecule has 5 heteroatoms. The number of amides is 2. The van der Waals surface area contributed by atoms with Crippen LogP contribution in [-0.4, -0.2) is 18.5 Å². The highest BCUT2D eigenvalue weighted by Crippen LogP contribution is 1.94. The van der Waals surface area contributed by atoms with Crippen LogP contribution >= 0.6 is 0 Å². The Labute approximate surface area is 117 Å². The van der Waals surface area contributed by atoms with Crippen LogP contribution in [0.3, 0.4) is 0 Å². The van der Waals surface area contributed by atoms with Gasteiger partial charge in [-0.2, -0.15) is 10.2 Å². The number of hydrogen-bond donors (Lipinski definition) is 2. The van der Waals surface area contributed by atoms with Crippen molar-refractivity contribution in [1.29, 1.82) is 0 Å². The van der Waals surface area contributed by atoms with E-state index in [4.69, 9.17) is 0 Å². The SMILES string of the molecule is O=C(NN=Cc1ccccc1)NN=Cc1ccccc1. The van der Waals surface area contributed by atoms with Gasteiger partial charge in [0.1, 0.15) is 0 Å². The summed E-state index contributed by atoms with van der Waals surface area (Å²) < 4.78 is 0. The molecule has 2 aromatic rings. The molecule has 0 bridgehead atoms. The van der Waals surface area contributed by atoms with Crippen LogP contribution in [0.25, 0.3) is 0 Å². The van der Waals surface area contributed by atoms with Crippen molar-refractivity contribution >= 4 is 18.5 Å². The van der Waals surface area contributed by atoms with Gasteiger partial charge in [0.25, 0.3) is 0 Å². The monoisotopic (exact) mass is 266 g/mol. The first-order valence-electron chi connectivity index (χ1n) is 6.07. The van der Waals surface area contributed by atoms with Gasteiger partial charge in [0.2, 0.25) is 0 Å². The van der Waals surface area contributed by atoms with E-state index in [1.807, 2.05) is 60.7 Å². The molecule has 0 radical (unpaired) electrons. The molecule has 0 saturated carbocycles. The Kier molecular flexibility index (Phi) is 5.04. The molecule has 5 nitrogen and oxygen atoms in total. The standard InChI is InChI=1S/C15H14N4O/c20-15(18-16-11-13-7-3-1-4-8-13)19-17-12-14-9-5-2-6-10-14/h1-12H,(H2,18,19,20). The first kappa shape index (κ1) is 13.5. The Bertz CT molecular complexity index is 540. The highest BCUT2D eigenvalue weighted by molar-refractivity contribution is 5.83. The molecule has 2 amide bonds. The molecular formula is C15H14N4O. The minimum atomic E-state index is -0.496. The molecule has 0 aliphatic carbocycles. The van der Waals surface area contributed by atoms with E-state index in [9.17, 15) is 4.79 Å². The maximum absolute atomic E-state index is 11.4. The third-order valence-electron chi connectivity index (χ3n) is 2.36. The normalized spacial score (nSPS) is 10.8. The molecule has 0 heterocycles. The minimum absolute atomic E-state index is 0.496. The topological polar surface area (TPSA) is 65.8 Å². The van der Waals surface area contributed by atoms with Crippen LogP contribution in [-0.2, 0) is 0 Å². The molecule has 0 aliphatic rings. The molecule has 0 unspecified atom stereocenters. The average Bonchev–Trinajstić information content (AvgIpc) is 2.49. The Hall–Kier alpha value is -2.95. The van der Waals surface area contributed by atoms with Crippen LogP contribution in [0, 0.1) is 0 Å². The summed E-state index contributed by atoms with van der Waals surface area (Å²) >= 11 is 0. The lowest BCUT2D eigenvalue weighted by Gasteiger charge is -1.97. The number of carbonyl (C=O) groups excluding carboxylic acids is 1. The third kappa shape index (κ3) is 4.73. The van der Waals surface area contributed by atoms with Crippen molar-refractivity contribution in [2.45, 2.75) is 0 Å². The maximum Gasteiger partial charge on any atom is 0.355 e. The van der Waals surface area contributed by atoms with Crippen LogP contribution in [0.1, 0.15) is 11.1 Å². The van der Waals surface area contributed by atoms with Crippen molar-refractivity contribution < 1.29 is 4.79 Å². The molecule has 2 rings (SSSR count). The van der Waals surface area contributed by atoms with Crippen LogP contribution in [0.5, 0.6) is 0 Å². The van der Waals surface area contributed by atoms with Gasteiger partial charge >= 0.3 is 6.03 Å². The molecule has 0 spiro atoms. The van der Waals surface area contributed by atoms with Crippen LogP contribution in [0.2, 0.25) is 0 Å². The summed E-state index contributed by atoms with van der Waals surface area (Å²) in [6.07, 6.45) is 3.11. The van der Waals surface area contributed by atoms with Gasteiger partial charge in [0.05, 0.1) is 12.4 Å². The van der Waals surface area contributed by atoms with Crippen LogP contribution in [0.15, 0.2) is 70.9 Å². The summed E-state index contributed by atoms with van der Waals surface area (Å²) in [4.78, 5) is 11.4. The highest BCUT2D eigenvalue weighted by Gasteiger charge is 1.93. The van der Waals surface area contributed by atoms with E-state index in [1.54, 1.807) is 12.4 Å². The summed E-state index contributed by atoms with van der Waals surface area (Å²) in [5.41, 5.74) is 6.45. The van der Waals surface area contributed by atoms with Gasteiger partial charge in [-0.25, -0.2) is 15.6 Å². The second kappa shape index (κ2) is 7.48. The minimum Gasteiger partial charge on any atom is -0.245 e. The Morgan fingerprint density at radius 2 is 1.15 bits per heavy atom. The second-order valence-electron chi connectivity index (χ2n) is 3.89. The molecule has 0 aliphatic heterocycles. The summed E-state index contributed by atoms with van der Waals surface area (Å²) in [6, 6.07) is 18.4. The van der Waals surface area contributed by atoms with Gasteiger partial charge in [0, 0.05) is 0 Å². The fourth-order valence-electron chi connectivity index (χ4n) is 1.43. The molecule has 20 heavy (non-hydrogen) atoms. The second-order valence-corrected chi connectivity index (χ2v) is 3.89. The molecule has 0 atom stereocenters. The summed E-state index contributed by atoms with van der Waals surface area (Å²) in [7, 11) is 0. The molecular weight excluding hydrogens is 252 g/mol.